The van der Waals surface area contributed by atoms with Gasteiger partial charge < -0.3 is 38.2 Å². The minimum absolute atomic E-state index is 0.0428. The van der Waals surface area contributed by atoms with Crippen molar-refractivity contribution in [2.24, 2.45) is 0 Å². The molecule has 12 nitrogen and oxygen atoms in total. The molecule has 2 atom stereocenters. The minimum Gasteiger partial charge on any atom is -0.462 e. The second-order valence-corrected chi connectivity index (χ2v) is 25.0. The van der Waals surface area contributed by atoms with Gasteiger partial charge in [-0.3, -0.25) is 19.2 Å². The Kier molecular flexibility index (Phi) is 52.3. The van der Waals surface area contributed by atoms with Crippen molar-refractivity contribution in [2.75, 3.05) is 65.7 Å². The van der Waals surface area contributed by atoms with Crippen molar-refractivity contribution >= 4 is 23.9 Å². The zero-order chi connectivity index (χ0) is 59.0. The second kappa shape index (κ2) is 56.5. The summed E-state index contributed by atoms with van der Waals surface area (Å²) in [7, 11) is 0. The summed E-state index contributed by atoms with van der Waals surface area (Å²) < 4.78 is 37.1. The first kappa shape index (κ1) is 75.8. The van der Waals surface area contributed by atoms with E-state index < -0.39 is 12.2 Å². The van der Waals surface area contributed by atoms with Crippen molar-refractivity contribution in [3.63, 3.8) is 0 Å². The molecule has 0 N–H and O–H groups in total. The number of ether oxygens (including phenoxy) is 6. The van der Waals surface area contributed by atoms with Crippen LogP contribution in [0.25, 0.3) is 0 Å². The second-order valence-electron chi connectivity index (χ2n) is 25.0. The van der Waals surface area contributed by atoms with Gasteiger partial charge in [0, 0.05) is 39.1 Å². The fourth-order valence-electron chi connectivity index (χ4n) is 11.8. The third-order valence-electron chi connectivity index (χ3n) is 17.2. The van der Waals surface area contributed by atoms with Gasteiger partial charge in [0.15, 0.2) is 12.2 Å². The molecule has 82 heavy (non-hydrogen) atoms. The molecule has 2 aliphatic rings. The summed E-state index contributed by atoms with van der Waals surface area (Å²) in [6, 6.07) is 0. The number of likely N-dealkylation sites (tertiary alicyclic amines) is 2. The number of nitrogens with zero attached hydrogens (tertiary/aromatic N) is 2. The summed E-state index contributed by atoms with van der Waals surface area (Å²) in [5, 5.41) is 0. The summed E-state index contributed by atoms with van der Waals surface area (Å²) in [5.41, 5.74) is 0. The molecular formula is C70H132N2O10. The van der Waals surface area contributed by atoms with E-state index in [1.165, 1.54) is 141 Å². The van der Waals surface area contributed by atoms with Crippen LogP contribution in [0.2, 0.25) is 0 Å². The lowest BCUT2D eigenvalue weighted by molar-refractivity contribution is -0.178. The number of carbonyl (C=O) groups is 4. The molecule has 0 bridgehead atoms. The zero-order valence-corrected chi connectivity index (χ0v) is 54.3. The Morgan fingerprint density at radius 1 is 0.305 bits per heavy atom. The maximum atomic E-state index is 13.5. The van der Waals surface area contributed by atoms with E-state index in [2.05, 4.69) is 37.5 Å². The van der Waals surface area contributed by atoms with Gasteiger partial charge in [-0.05, 0) is 129 Å². The SMILES string of the molecule is CCCCCCCCC(CCCCCCCC)OC(=O)CCCCCCCOCC(OC(=O)CCN1CCCCC1)C(COCCCCCCCC(=O)OC(CCCCCCCC)CCCCCCCC)OC(=O)CCN1CCCCC1. The highest BCUT2D eigenvalue weighted by molar-refractivity contribution is 5.71. The third-order valence-corrected chi connectivity index (χ3v) is 17.2. The van der Waals surface area contributed by atoms with E-state index in [4.69, 9.17) is 28.4 Å². The van der Waals surface area contributed by atoms with Crippen molar-refractivity contribution in [3.05, 3.63) is 0 Å². The summed E-state index contributed by atoms with van der Waals surface area (Å²) >= 11 is 0. The molecule has 0 aromatic rings. The van der Waals surface area contributed by atoms with Gasteiger partial charge in [0.25, 0.3) is 0 Å². The lowest BCUT2D eigenvalue weighted by Crippen LogP contribution is -2.43. The van der Waals surface area contributed by atoms with Crippen molar-refractivity contribution in [3.8, 4) is 0 Å². The predicted octanol–water partition coefficient (Wildman–Crippen LogP) is 18.1. The van der Waals surface area contributed by atoms with Crippen LogP contribution in [0.1, 0.15) is 336 Å². The molecule has 12 heteroatoms. The molecule has 0 amide bonds. The average Bonchev–Trinajstić information content (AvgIpc) is 3.54. The van der Waals surface area contributed by atoms with E-state index in [1.54, 1.807) is 0 Å². The number of carbonyl (C=O) groups excluding carboxylic acids is 4. The van der Waals surface area contributed by atoms with Crippen LogP contribution in [0, 0.1) is 0 Å². The van der Waals surface area contributed by atoms with Gasteiger partial charge in [-0.25, -0.2) is 0 Å². The summed E-state index contributed by atoms with van der Waals surface area (Å²) in [6.07, 6.45) is 50.3. The maximum Gasteiger partial charge on any atom is 0.307 e. The number of hydrogen-bond donors (Lipinski definition) is 0. The van der Waals surface area contributed by atoms with E-state index in [1.807, 2.05) is 0 Å². The molecule has 0 saturated carbocycles. The van der Waals surface area contributed by atoms with Crippen LogP contribution >= 0.6 is 0 Å². The van der Waals surface area contributed by atoms with E-state index in [9.17, 15) is 19.2 Å². The molecular weight excluding hydrogens is 1030 g/mol. The predicted molar refractivity (Wildman–Crippen MR) is 338 cm³/mol. The van der Waals surface area contributed by atoms with Gasteiger partial charge >= 0.3 is 23.9 Å². The van der Waals surface area contributed by atoms with E-state index in [0.717, 1.165) is 167 Å². The standard InChI is InChI=1S/C70H132N2O10/c1-5-9-13-17-23-33-45-63(46-34-24-18-14-10-6-2)79-67(73)49-37-27-21-29-43-59-77-61-65(81-69(75)51-57-71-53-39-31-40-54-71)66(82-70(76)52-58-72-55-41-32-42-56-72)62-78-60-44-30-22-28-38-50-68(74)80-64(47-35-25-19-15-11-7-3)48-36-26-20-16-12-8-4/h63-66H,5-62H2,1-4H3. The van der Waals surface area contributed by atoms with E-state index in [0.29, 0.717) is 39.1 Å². The van der Waals surface area contributed by atoms with Crippen LogP contribution in [0.3, 0.4) is 0 Å². The molecule has 0 spiro atoms. The highest BCUT2D eigenvalue weighted by Crippen LogP contribution is 2.22. The molecule has 2 heterocycles. The largest absolute Gasteiger partial charge is 0.462 e. The Morgan fingerprint density at radius 3 is 0.890 bits per heavy atom. The van der Waals surface area contributed by atoms with Crippen LogP contribution in [-0.4, -0.2) is 124 Å². The normalized spacial score (nSPS) is 15.0. The molecule has 2 rings (SSSR count). The van der Waals surface area contributed by atoms with Crippen molar-refractivity contribution < 1.29 is 47.6 Å². The molecule has 0 aromatic carbocycles. The first-order valence-electron chi connectivity index (χ1n) is 35.7. The highest BCUT2D eigenvalue weighted by atomic mass is 16.6. The van der Waals surface area contributed by atoms with Gasteiger partial charge in [-0.15, -0.1) is 0 Å². The monoisotopic (exact) mass is 1160 g/mol. The van der Waals surface area contributed by atoms with Crippen LogP contribution in [0.15, 0.2) is 0 Å². The fourth-order valence-corrected chi connectivity index (χ4v) is 11.8. The summed E-state index contributed by atoms with van der Waals surface area (Å²) in [5.74, 6) is -0.700. The van der Waals surface area contributed by atoms with Crippen LogP contribution < -0.4 is 0 Å². The van der Waals surface area contributed by atoms with Gasteiger partial charge in [-0.2, -0.15) is 0 Å². The van der Waals surface area contributed by atoms with Gasteiger partial charge in [-0.1, -0.05) is 207 Å². The Labute approximate surface area is 505 Å². The molecule has 2 aliphatic heterocycles. The molecule has 2 fully saturated rings. The number of hydrogen-bond acceptors (Lipinski definition) is 12. The molecule has 2 saturated heterocycles. The molecule has 0 aliphatic carbocycles. The van der Waals surface area contributed by atoms with Crippen molar-refractivity contribution in [1.29, 1.82) is 0 Å². The summed E-state index contributed by atoms with van der Waals surface area (Å²) in [6.45, 7) is 15.6. The summed E-state index contributed by atoms with van der Waals surface area (Å²) in [4.78, 5) is 57.8. The lowest BCUT2D eigenvalue weighted by Gasteiger charge is -2.29. The van der Waals surface area contributed by atoms with E-state index in [-0.39, 0.29) is 62.1 Å². The average molecular weight is 1160 g/mol. The third kappa shape index (κ3) is 46.0. The van der Waals surface area contributed by atoms with E-state index >= 15 is 0 Å². The van der Waals surface area contributed by atoms with Crippen molar-refractivity contribution in [1.82, 2.24) is 9.80 Å². The number of esters is 4. The number of rotatable bonds is 59. The van der Waals surface area contributed by atoms with Gasteiger partial charge in [0.1, 0.15) is 12.2 Å². The molecule has 2 unspecified atom stereocenters. The number of unbranched alkanes of at least 4 members (excludes halogenated alkanes) is 28. The van der Waals surface area contributed by atoms with Crippen LogP contribution in [0.5, 0.6) is 0 Å². The highest BCUT2D eigenvalue weighted by Gasteiger charge is 2.30. The first-order chi connectivity index (χ1) is 40.3. The first-order valence-corrected chi connectivity index (χ1v) is 35.7. The van der Waals surface area contributed by atoms with Crippen LogP contribution in [-0.2, 0) is 47.6 Å². The number of piperidine rings is 2. The Bertz CT molecular complexity index is 1320. The molecule has 0 radical (unpaired) electrons. The maximum absolute atomic E-state index is 13.5. The quantitative estimate of drug-likeness (QED) is 0.0326. The van der Waals surface area contributed by atoms with Crippen molar-refractivity contribution in [2.45, 2.75) is 360 Å². The van der Waals surface area contributed by atoms with Gasteiger partial charge in [0.05, 0.1) is 26.1 Å². The smallest absolute Gasteiger partial charge is 0.307 e. The fraction of sp³-hybridized carbons (Fsp3) is 0.943. The Hall–Kier alpha value is -2.28. The zero-order valence-electron chi connectivity index (χ0n) is 54.3. The van der Waals surface area contributed by atoms with Gasteiger partial charge in [0.2, 0.25) is 0 Å². The molecule has 0 aromatic heterocycles. The molecule has 482 valence electrons. The van der Waals surface area contributed by atoms with Crippen LogP contribution in [0.4, 0.5) is 0 Å². The lowest BCUT2D eigenvalue weighted by atomic mass is 10.0. The Balaban J connectivity index is 1.90. The Morgan fingerprint density at radius 2 is 0.573 bits per heavy atom. The topological polar surface area (TPSA) is 130 Å². The minimum atomic E-state index is -0.791.